The van der Waals surface area contributed by atoms with Gasteiger partial charge in [0.05, 0.1) is 27.2 Å². The lowest BCUT2D eigenvalue weighted by atomic mass is 10.5. The molecule has 0 saturated heterocycles. The summed E-state index contributed by atoms with van der Waals surface area (Å²) < 4.78 is 1.14. The molecule has 3 heteroatoms. The van der Waals surface area contributed by atoms with Crippen molar-refractivity contribution in [1.82, 2.24) is 0 Å². The molecule has 0 rings (SSSR count). The molecule has 0 bridgehead atoms. The lowest BCUT2D eigenvalue weighted by Gasteiger charge is -2.25. The van der Waals surface area contributed by atoms with Crippen molar-refractivity contribution in [2.45, 2.75) is 13.8 Å². The molecule has 2 nitrogen and oxygen atoms in total. The first kappa shape index (κ1) is 12.5. The standard InChI is InChI=1S/C6H16N.CHNS/c1-5-7(3,4)6-2;2-1-3/h5-6H2,1-4H3;3H/q+1;. The Hall–Kier alpha value is -0.200. The molecule has 0 atom stereocenters. The molecule has 0 amide bonds. The van der Waals surface area contributed by atoms with Crippen LogP contribution in [0.3, 0.4) is 0 Å². The van der Waals surface area contributed by atoms with E-state index in [1.54, 1.807) is 0 Å². The van der Waals surface area contributed by atoms with E-state index in [-0.39, 0.29) is 0 Å². The Morgan fingerprint density at radius 3 is 1.50 bits per heavy atom. The number of nitrogens with zero attached hydrogens (tertiary/aromatic N) is 2. The number of rotatable bonds is 2. The van der Waals surface area contributed by atoms with Gasteiger partial charge in [-0.25, -0.2) is 0 Å². The second-order valence-corrected chi connectivity index (χ2v) is 2.87. The van der Waals surface area contributed by atoms with Crippen molar-refractivity contribution in [2.24, 2.45) is 0 Å². The highest BCUT2D eigenvalue weighted by atomic mass is 32.1. The Morgan fingerprint density at radius 2 is 1.50 bits per heavy atom. The van der Waals surface area contributed by atoms with E-state index in [2.05, 4.69) is 40.6 Å². The molecule has 0 spiro atoms. The molecule has 0 aromatic heterocycles. The summed E-state index contributed by atoms with van der Waals surface area (Å²) >= 11 is 3.09. The van der Waals surface area contributed by atoms with Crippen LogP contribution in [0.2, 0.25) is 0 Å². The second kappa shape index (κ2) is 6.91. The van der Waals surface area contributed by atoms with Gasteiger partial charge in [0.2, 0.25) is 0 Å². The summed E-state index contributed by atoms with van der Waals surface area (Å²) in [5, 5.41) is 8.63. The summed E-state index contributed by atoms with van der Waals surface area (Å²) in [4.78, 5) is 0. The van der Waals surface area contributed by atoms with Crippen LogP contribution in [0.5, 0.6) is 0 Å². The molecule has 0 radical (unpaired) electrons. The lowest BCUT2D eigenvalue weighted by Crippen LogP contribution is -2.38. The van der Waals surface area contributed by atoms with E-state index in [1.165, 1.54) is 18.5 Å². The SMILES string of the molecule is CC[N+](C)(C)CC.N#CS. The van der Waals surface area contributed by atoms with Crippen molar-refractivity contribution in [3.05, 3.63) is 0 Å². The average Bonchev–Trinajstić information content (AvgIpc) is 1.90. The predicted octanol–water partition coefficient (Wildman–Crippen LogP) is 1.50. The maximum absolute atomic E-state index is 7.18. The van der Waals surface area contributed by atoms with Crippen LogP contribution in [0, 0.1) is 10.7 Å². The second-order valence-electron chi connectivity index (χ2n) is 2.67. The summed E-state index contributed by atoms with van der Waals surface area (Å²) in [5.41, 5.74) is 0. The van der Waals surface area contributed by atoms with Gasteiger partial charge < -0.3 is 4.48 Å². The molecule has 0 unspecified atom stereocenters. The summed E-state index contributed by atoms with van der Waals surface area (Å²) in [6, 6.07) is 0. The average molecular weight is 161 g/mol. The third kappa shape index (κ3) is 10.7. The number of thiol groups is 1. The van der Waals surface area contributed by atoms with Crippen LogP contribution in [0.4, 0.5) is 0 Å². The Balaban J connectivity index is 0. The number of thiocyanates is 1. The van der Waals surface area contributed by atoms with Crippen molar-refractivity contribution >= 4 is 12.6 Å². The first-order valence-electron chi connectivity index (χ1n) is 3.39. The Bertz CT molecular complexity index is 98.7. The van der Waals surface area contributed by atoms with E-state index in [0.717, 1.165) is 4.48 Å². The van der Waals surface area contributed by atoms with Gasteiger partial charge in [-0.05, 0) is 13.8 Å². The zero-order valence-corrected chi connectivity index (χ0v) is 8.15. The fraction of sp³-hybridized carbons (Fsp3) is 0.857. The quantitative estimate of drug-likeness (QED) is 0.370. The van der Waals surface area contributed by atoms with Crippen LogP contribution < -0.4 is 0 Å². The molecule has 0 aliphatic rings. The van der Waals surface area contributed by atoms with E-state index in [4.69, 9.17) is 5.26 Å². The highest BCUT2D eigenvalue weighted by molar-refractivity contribution is 7.85. The highest BCUT2D eigenvalue weighted by Gasteiger charge is 2.04. The largest absolute Gasteiger partial charge is 0.329 e. The van der Waals surface area contributed by atoms with Gasteiger partial charge >= 0.3 is 0 Å². The van der Waals surface area contributed by atoms with Crippen LogP contribution in [0.15, 0.2) is 0 Å². The van der Waals surface area contributed by atoms with Crippen molar-refractivity contribution in [3.63, 3.8) is 0 Å². The number of hydrogen-bond donors (Lipinski definition) is 1. The molecule has 10 heavy (non-hydrogen) atoms. The minimum atomic E-state index is 1.14. The van der Waals surface area contributed by atoms with Crippen LogP contribution in [-0.2, 0) is 0 Å². The molecule has 0 N–H and O–H groups in total. The Labute approximate surface area is 69.5 Å². The summed E-state index contributed by atoms with van der Waals surface area (Å²) in [7, 11) is 4.47. The Kier molecular flexibility index (Phi) is 8.62. The molecular weight excluding hydrogens is 144 g/mol. The van der Waals surface area contributed by atoms with Gasteiger partial charge in [-0.1, -0.05) is 12.6 Å². The monoisotopic (exact) mass is 161 g/mol. The van der Waals surface area contributed by atoms with E-state index in [0.29, 0.717) is 0 Å². The highest BCUT2D eigenvalue weighted by Crippen LogP contribution is 1.91. The predicted molar refractivity (Wildman–Crippen MR) is 47.8 cm³/mol. The van der Waals surface area contributed by atoms with E-state index >= 15 is 0 Å². The maximum Gasteiger partial charge on any atom is 0.130 e. The van der Waals surface area contributed by atoms with Gasteiger partial charge in [-0.2, -0.15) is 5.26 Å². The molecule has 0 aromatic carbocycles. The maximum atomic E-state index is 7.18. The molecule has 0 aliphatic heterocycles. The van der Waals surface area contributed by atoms with Gasteiger partial charge in [-0.3, -0.25) is 0 Å². The zero-order chi connectivity index (χ0) is 8.62. The Morgan fingerprint density at radius 1 is 1.30 bits per heavy atom. The molecule has 0 fully saturated rings. The molecule has 60 valence electrons. The van der Waals surface area contributed by atoms with Crippen molar-refractivity contribution < 1.29 is 4.48 Å². The molecule has 0 aliphatic carbocycles. The van der Waals surface area contributed by atoms with Crippen molar-refractivity contribution in [1.29, 1.82) is 5.26 Å². The normalized spacial score (nSPS) is 9.20. The molecular formula is C7H17N2S+. The van der Waals surface area contributed by atoms with Crippen LogP contribution in [-0.4, -0.2) is 31.7 Å². The van der Waals surface area contributed by atoms with Crippen molar-refractivity contribution in [3.8, 4) is 5.40 Å². The fourth-order valence-corrected chi connectivity index (χ4v) is 0.224. The topological polar surface area (TPSA) is 23.8 Å². The van der Waals surface area contributed by atoms with Gasteiger partial charge in [0, 0.05) is 0 Å². The van der Waals surface area contributed by atoms with E-state index in [1.807, 2.05) is 0 Å². The van der Waals surface area contributed by atoms with Gasteiger partial charge in [0.15, 0.2) is 0 Å². The fourth-order valence-electron chi connectivity index (χ4n) is 0.224. The van der Waals surface area contributed by atoms with E-state index < -0.39 is 0 Å². The minimum Gasteiger partial charge on any atom is -0.329 e. The van der Waals surface area contributed by atoms with Crippen LogP contribution in [0.1, 0.15) is 13.8 Å². The summed E-state index contributed by atoms with van der Waals surface area (Å²) in [6.45, 7) is 6.89. The third-order valence-corrected chi connectivity index (χ3v) is 1.71. The minimum absolute atomic E-state index is 1.14. The van der Waals surface area contributed by atoms with Gasteiger partial charge in [-0.15, -0.1) is 0 Å². The summed E-state index contributed by atoms with van der Waals surface area (Å²) in [5.74, 6) is 0. The third-order valence-electron chi connectivity index (χ3n) is 1.71. The summed E-state index contributed by atoms with van der Waals surface area (Å²) in [6.07, 6.45) is 0. The molecule has 0 saturated carbocycles. The van der Waals surface area contributed by atoms with Crippen LogP contribution in [0.25, 0.3) is 0 Å². The number of quaternary nitrogens is 1. The molecule has 0 aromatic rings. The van der Waals surface area contributed by atoms with Gasteiger partial charge in [0.25, 0.3) is 0 Å². The smallest absolute Gasteiger partial charge is 0.130 e. The van der Waals surface area contributed by atoms with Crippen LogP contribution >= 0.6 is 12.6 Å². The first-order chi connectivity index (χ1) is 4.54. The lowest BCUT2D eigenvalue weighted by molar-refractivity contribution is -0.886. The van der Waals surface area contributed by atoms with Gasteiger partial charge in [0.1, 0.15) is 5.40 Å². The first-order valence-corrected chi connectivity index (χ1v) is 3.84. The van der Waals surface area contributed by atoms with Crippen molar-refractivity contribution in [2.75, 3.05) is 27.2 Å². The molecule has 0 heterocycles. The van der Waals surface area contributed by atoms with E-state index in [9.17, 15) is 0 Å². The number of nitriles is 1. The number of hydrogen-bond acceptors (Lipinski definition) is 2. The zero-order valence-electron chi connectivity index (χ0n) is 7.26.